The van der Waals surface area contributed by atoms with E-state index in [-0.39, 0.29) is 0 Å². The van der Waals surface area contributed by atoms with Crippen LogP contribution >= 0.6 is 0 Å². The summed E-state index contributed by atoms with van der Waals surface area (Å²) in [7, 11) is 0. The topological polar surface area (TPSA) is 64.5 Å². The molecule has 0 aliphatic rings. The first-order valence-electron chi connectivity index (χ1n) is 7.46. The molecule has 0 unspecified atom stereocenters. The van der Waals surface area contributed by atoms with Gasteiger partial charge in [0.05, 0.1) is 5.56 Å². The van der Waals surface area contributed by atoms with Crippen molar-refractivity contribution in [2.75, 3.05) is 6.54 Å². The van der Waals surface area contributed by atoms with Crippen molar-refractivity contribution in [3.8, 4) is 6.07 Å². The molecule has 0 aliphatic carbocycles. The third-order valence-electron chi connectivity index (χ3n) is 3.74. The Kier molecular flexibility index (Phi) is 4.47. The fourth-order valence-electron chi connectivity index (χ4n) is 2.57. The highest BCUT2D eigenvalue weighted by Crippen LogP contribution is 2.19. The number of nitrogens with one attached hydrogen (secondary N) is 2. The van der Waals surface area contributed by atoms with E-state index in [1.54, 1.807) is 12.4 Å². The summed E-state index contributed by atoms with van der Waals surface area (Å²) in [4.78, 5) is 7.22. The van der Waals surface area contributed by atoms with E-state index in [0.717, 1.165) is 36.8 Å². The maximum Gasteiger partial charge on any atom is 0.101 e. The average molecular weight is 290 g/mol. The SMILES string of the molecule is N#Cc1c[nH]c2ccc(CCCNCc3cccnc3)cc12. The van der Waals surface area contributed by atoms with Gasteiger partial charge in [0, 0.05) is 36.0 Å². The van der Waals surface area contributed by atoms with Gasteiger partial charge in [0.2, 0.25) is 0 Å². The van der Waals surface area contributed by atoms with Gasteiger partial charge in [-0.05, 0) is 48.7 Å². The molecule has 110 valence electrons. The molecule has 22 heavy (non-hydrogen) atoms. The lowest BCUT2D eigenvalue weighted by Gasteiger charge is -2.05. The predicted octanol–water partition coefficient (Wildman–Crippen LogP) is 3.16. The number of benzene rings is 1. The first kappa shape index (κ1) is 14.3. The van der Waals surface area contributed by atoms with Crippen molar-refractivity contribution in [2.24, 2.45) is 0 Å². The second-order valence-corrected chi connectivity index (χ2v) is 5.34. The maximum atomic E-state index is 9.08. The van der Waals surface area contributed by atoms with E-state index < -0.39 is 0 Å². The van der Waals surface area contributed by atoms with Gasteiger partial charge in [-0.25, -0.2) is 0 Å². The fraction of sp³-hybridized carbons (Fsp3) is 0.222. The summed E-state index contributed by atoms with van der Waals surface area (Å²) < 4.78 is 0. The lowest BCUT2D eigenvalue weighted by molar-refractivity contribution is 0.648. The first-order chi connectivity index (χ1) is 10.9. The molecule has 3 aromatic rings. The van der Waals surface area contributed by atoms with E-state index in [1.807, 2.05) is 12.3 Å². The van der Waals surface area contributed by atoms with Crippen LogP contribution in [0.3, 0.4) is 0 Å². The Balaban J connectivity index is 1.50. The summed E-state index contributed by atoms with van der Waals surface area (Å²) in [5.41, 5.74) is 4.21. The highest BCUT2D eigenvalue weighted by Gasteiger charge is 2.03. The zero-order chi connectivity index (χ0) is 15.2. The molecule has 0 spiro atoms. The Labute approximate surface area is 129 Å². The van der Waals surface area contributed by atoms with Crippen molar-refractivity contribution >= 4 is 10.9 Å². The van der Waals surface area contributed by atoms with Gasteiger partial charge in [0.15, 0.2) is 0 Å². The van der Waals surface area contributed by atoms with E-state index in [9.17, 15) is 0 Å². The number of H-pyrrole nitrogens is 1. The molecule has 2 heterocycles. The van der Waals surface area contributed by atoms with Crippen LogP contribution in [0.4, 0.5) is 0 Å². The lowest BCUT2D eigenvalue weighted by atomic mass is 10.1. The summed E-state index contributed by atoms with van der Waals surface area (Å²) >= 11 is 0. The fourth-order valence-corrected chi connectivity index (χ4v) is 2.57. The molecule has 0 saturated carbocycles. The molecule has 2 aromatic heterocycles. The predicted molar refractivity (Wildman–Crippen MR) is 87.3 cm³/mol. The van der Waals surface area contributed by atoms with E-state index in [0.29, 0.717) is 5.56 Å². The summed E-state index contributed by atoms with van der Waals surface area (Å²) in [6.45, 7) is 1.81. The van der Waals surface area contributed by atoms with Gasteiger partial charge in [-0.15, -0.1) is 0 Å². The van der Waals surface area contributed by atoms with Crippen LogP contribution in [0.15, 0.2) is 48.9 Å². The molecule has 4 heteroatoms. The number of fused-ring (bicyclic) bond motifs is 1. The second kappa shape index (κ2) is 6.88. The smallest absolute Gasteiger partial charge is 0.101 e. The Morgan fingerprint density at radius 2 is 2.18 bits per heavy atom. The molecule has 0 atom stereocenters. The van der Waals surface area contributed by atoms with Crippen LogP contribution < -0.4 is 5.32 Å². The Morgan fingerprint density at radius 3 is 3.00 bits per heavy atom. The largest absolute Gasteiger partial charge is 0.360 e. The molecule has 0 fully saturated rings. The molecular formula is C18H18N4. The molecule has 0 radical (unpaired) electrons. The number of aryl methyl sites for hydroxylation is 1. The zero-order valence-corrected chi connectivity index (χ0v) is 12.3. The van der Waals surface area contributed by atoms with Crippen LogP contribution in [0, 0.1) is 11.3 Å². The van der Waals surface area contributed by atoms with Gasteiger partial charge in [0.1, 0.15) is 6.07 Å². The normalized spacial score (nSPS) is 10.7. The molecular weight excluding hydrogens is 272 g/mol. The van der Waals surface area contributed by atoms with Crippen LogP contribution in [0.5, 0.6) is 0 Å². The van der Waals surface area contributed by atoms with Gasteiger partial charge in [-0.3, -0.25) is 4.98 Å². The number of hydrogen-bond acceptors (Lipinski definition) is 3. The van der Waals surface area contributed by atoms with Crippen LogP contribution in [0.2, 0.25) is 0 Å². The Morgan fingerprint density at radius 1 is 1.23 bits per heavy atom. The molecule has 0 aliphatic heterocycles. The number of aromatic nitrogens is 2. The van der Waals surface area contributed by atoms with Gasteiger partial charge in [0.25, 0.3) is 0 Å². The van der Waals surface area contributed by atoms with Crippen LogP contribution in [0.1, 0.15) is 23.1 Å². The van der Waals surface area contributed by atoms with Crippen molar-refractivity contribution in [3.63, 3.8) is 0 Å². The average Bonchev–Trinajstić information content (AvgIpc) is 2.98. The number of nitriles is 1. The van der Waals surface area contributed by atoms with Crippen LogP contribution in [-0.2, 0) is 13.0 Å². The Bertz CT molecular complexity index is 784. The third-order valence-corrected chi connectivity index (χ3v) is 3.74. The quantitative estimate of drug-likeness (QED) is 0.685. The minimum absolute atomic E-state index is 0.714. The number of aromatic amines is 1. The van der Waals surface area contributed by atoms with Gasteiger partial charge in [-0.1, -0.05) is 12.1 Å². The van der Waals surface area contributed by atoms with Crippen molar-refractivity contribution in [3.05, 3.63) is 65.6 Å². The van der Waals surface area contributed by atoms with Crippen molar-refractivity contribution in [2.45, 2.75) is 19.4 Å². The van der Waals surface area contributed by atoms with Gasteiger partial charge < -0.3 is 10.3 Å². The third kappa shape index (κ3) is 3.33. The van der Waals surface area contributed by atoms with E-state index >= 15 is 0 Å². The van der Waals surface area contributed by atoms with E-state index in [1.165, 1.54) is 11.1 Å². The van der Waals surface area contributed by atoms with Crippen LogP contribution in [-0.4, -0.2) is 16.5 Å². The Hall–Kier alpha value is -2.64. The molecule has 2 N–H and O–H groups in total. The van der Waals surface area contributed by atoms with Gasteiger partial charge in [-0.2, -0.15) is 5.26 Å². The van der Waals surface area contributed by atoms with E-state index in [4.69, 9.17) is 5.26 Å². The molecule has 4 nitrogen and oxygen atoms in total. The van der Waals surface area contributed by atoms with Crippen LogP contribution in [0.25, 0.3) is 10.9 Å². The van der Waals surface area contributed by atoms with Crippen molar-refractivity contribution in [1.29, 1.82) is 5.26 Å². The summed E-state index contributed by atoms with van der Waals surface area (Å²) in [6.07, 6.45) is 7.51. The lowest BCUT2D eigenvalue weighted by Crippen LogP contribution is -2.15. The van der Waals surface area contributed by atoms with Crippen molar-refractivity contribution < 1.29 is 0 Å². The molecule has 3 rings (SSSR count). The molecule has 1 aromatic carbocycles. The molecule has 0 bridgehead atoms. The first-order valence-corrected chi connectivity index (χ1v) is 7.46. The number of pyridine rings is 1. The highest BCUT2D eigenvalue weighted by molar-refractivity contribution is 5.86. The summed E-state index contributed by atoms with van der Waals surface area (Å²) in [6, 6.07) is 12.5. The molecule has 0 amide bonds. The zero-order valence-electron chi connectivity index (χ0n) is 12.3. The maximum absolute atomic E-state index is 9.08. The van der Waals surface area contributed by atoms with Crippen molar-refractivity contribution in [1.82, 2.24) is 15.3 Å². The summed E-state index contributed by atoms with van der Waals surface area (Å²) in [5.74, 6) is 0. The minimum Gasteiger partial charge on any atom is -0.360 e. The number of hydrogen-bond donors (Lipinski definition) is 2. The number of nitrogens with zero attached hydrogens (tertiary/aromatic N) is 2. The van der Waals surface area contributed by atoms with E-state index in [2.05, 4.69) is 45.6 Å². The number of rotatable bonds is 6. The minimum atomic E-state index is 0.714. The second-order valence-electron chi connectivity index (χ2n) is 5.34. The monoisotopic (exact) mass is 290 g/mol. The summed E-state index contributed by atoms with van der Waals surface area (Å²) in [5, 5.41) is 13.5. The molecule has 0 saturated heterocycles. The highest BCUT2D eigenvalue weighted by atomic mass is 14.8. The standard InChI is InChI=1S/C18H18N4/c19-10-16-13-22-18-6-5-14(9-17(16)18)3-1-7-20-11-15-4-2-8-21-12-15/h2,4-6,8-9,12-13,20,22H,1,3,7,11H2. The van der Waals surface area contributed by atoms with Gasteiger partial charge >= 0.3 is 0 Å².